The van der Waals surface area contributed by atoms with Gasteiger partial charge in [0.15, 0.2) is 0 Å². The van der Waals surface area contributed by atoms with E-state index in [1.54, 1.807) is 6.07 Å². The Balaban J connectivity index is 2.13. The minimum atomic E-state index is -4.50. The number of alkyl halides is 3. The summed E-state index contributed by atoms with van der Waals surface area (Å²) in [5, 5.41) is 4.84. The summed E-state index contributed by atoms with van der Waals surface area (Å²) in [6.45, 7) is 1.19. The van der Waals surface area contributed by atoms with Gasteiger partial charge in [0.2, 0.25) is 17.7 Å². The quantitative estimate of drug-likeness (QED) is 0.549. The monoisotopic (exact) mass is 439 g/mol. The van der Waals surface area contributed by atoms with Crippen molar-refractivity contribution in [3.8, 4) is 0 Å². The first-order chi connectivity index (χ1) is 14.5. The molecule has 0 aliphatic heterocycles. The lowest BCUT2D eigenvalue weighted by Crippen LogP contribution is -2.54. The van der Waals surface area contributed by atoms with Crippen LogP contribution < -0.4 is 16.4 Å². The molecule has 4 N–H and O–H groups in total. The molecule has 0 saturated carbocycles. The van der Waals surface area contributed by atoms with E-state index < -0.39 is 47.4 Å². The molecule has 31 heavy (non-hydrogen) atoms. The molecule has 166 valence electrons. The van der Waals surface area contributed by atoms with Crippen LogP contribution in [0.5, 0.6) is 0 Å². The Labute approximate surface area is 175 Å². The summed E-state index contributed by atoms with van der Waals surface area (Å²) in [5.41, 5.74) is 5.27. The standard InChI is InChI=1S/C21H21F4N3O3/c1-12(29)27-18(11-14-3-2-4-16(22)9-14)20(31)28-17(19(26)30)10-13-5-7-15(8-6-13)21(23,24)25/h2-9,17-18H,10-11H2,1H3,(H2,26,30)(H,27,29)(H,28,31)/t17-,18-/m0/s1. The third-order valence-corrected chi connectivity index (χ3v) is 4.40. The van der Waals surface area contributed by atoms with Crippen LogP contribution in [0.4, 0.5) is 17.6 Å². The highest BCUT2D eigenvalue weighted by Gasteiger charge is 2.30. The summed E-state index contributed by atoms with van der Waals surface area (Å²) in [6.07, 6.45) is -4.70. The molecule has 6 nitrogen and oxygen atoms in total. The van der Waals surface area contributed by atoms with Crippen LogP contribution in [0.15, 0.2) is 48.5 Å². The van der Waals surface area contributed by atoms with Crippen LogP contribution in [0.3, 0.4) is 0 Å². The lowest BCUT2D eigenvalue weighted by Gasteiger charge is -2.22. The van der Waals surface area contributed by atoms with E-state index in [-0.39, 0.29) is 12.8 Å². The average Bonchev–Trinajstić information content (AvgIpc) is 2.66. The van der Waals surface area contributed by atoms with Gasteiger partial charge < -0.3 is 16.4 Å². The summed E-state index contributed by atoms with van der Waals surface area (Å²) in [4.78, 5) is 36.0. The molecule has 0 aromatic heterocycles. The number of amides is 3. The highest BCUT2D eigenvalue weighted by atomic mass is 19.4. The fraction of sp³-hybridized carbons (Fsp3) is 0.286. The topological polar surface area (TPSA) is 101 Å². The number of carbonyl (C=O) groups excluding carboxylic acids is 3. The Bertz CT molecular complexity index is 946. The smallest absolute Gasteiger partial charge is 0.368 e. The van der Waals surface area contributed by atoms with Gasteiger partial charge in [-0.1, -0.05) is 24.3 Å². The third-order valence-electron chi connectivity index (χ3n) is 4.40. The van der Waals surface area contributed by atoms with Crippen LogP contribution in [-0.4, -0.2) is 29.8 Å². The molecule has 10 heteroatoms. The van der Waals surface area contributed by atoms with Gasteiger partial charge in [0.25, 0.3) is 0 Å². The molecule has 0 aliphatic rings. The van der Waals surface area contributed by atoms with Gasteiger partial charge in [-0.15, -0.1) is 0 Å². The Hall–Kier alpha value is -3.43. The van der Waals surface area contributed by atoms with E-state index in [2.05, 4.69) is 10.6 Å². The van der Waals surface area contributed by atoms with E-state index in [4.69, 9.17) is 5.73 Å². The number of nitrogens with two attached hydrogens (primary N) is 1. The van der Waals surface area contributed by atoms with Crippen LogP contribution in [0.2, 0.25) is 0 Å². The molecule has 0 saturated heterocycles. The van der Waals surface area contributed by atoms with Crippen molar-refractivity contribution in [3.63, 3.8) is 0 Å². The number of rotatable bonds is 8. The first kappa shape index (κ1) is 23.8. The number of hydrogen-bond donors (Lipinski definition) is 3. The number of nitrogens with one attached hydrogen (secondary N) is 2. The molecule has 0 radical (unpaired) electrons. The molecular formula is C21H21F4N3O3. The summed E-state index contributed by atoms with van der Waals surface area (Å²) < 4.78 is 51.5. The fourth-order valence-corrected chi connectivity index (χ4v) is 2.91. The van der Waals surface area contributed by atoms with Gasteiger partial charge in [0.1, 0.15) is 17.9 Å². The minimum absolute atomic E-state index is 0.0467. The average molecular weight is 439 g/mol. The predicted octanol–water partition coefficient (Wildman–Crippen LogP) is 2.10. The van der Waals surface area contributed by atoms with Crippen LogP contribution >= 0.6 is 0 Å². The Kier molecular flexibility index (Phi) is 7.73. The number of carbonyl (C=O) groups is 3. The van der Waals surface area contributed by atoms with Gasteiger partial charge in [-0.25, -0.2) is 4.39 Å². The van der Waals surface area contributed by atoms with Crippen LogP contribution in [0.25, 0.3) is 0 Å². The maximum atomic E-state index is 13.4. The number of halogens is 4. The molecular weight excluding hydrogens is 418 g/mol. The SMILES string of the molecule is CC(=O)N[C@@H](Cc1cccc(F)c1)C(=O)N[C@@H](Cc1ccc(C(F)(F)F)cc1)C(N)=O. The summed E-state index contributed by atoms with van der Waals surface area (Å²) in [6, 6.07) is 7.19. The van der Waals surface area contributed by atoms with E-state index in [1.807, 2.05) is 0 Å². The Morgan fingerprint density at radius 3 is 2.06 bits per heavy atom. The van der Waals surface area contributed by atoms with Crippen molar-refractivity contribution in [2.24, 2.45) is 5.73 Å². The third kappa shape index (κ3) is 7.40. The molecule has 2 rings (SSSR count). The zero-order valence-corrected chi connectivity index (χ0v) is 16.5. The van der Waals surface area contributed by atoms with Crippen LogP contribution in [0.1, 0.15) is 23.6 Å². The van der Waals surface area contributed by atoms with Crippen molar-refractivity contribution in [2.75, 3.05) is 0 Å². The second-order valence-corrected chi connectivity index (χ2v) is 6.95. The van der Waals surface area contributed by atoms with Crippen LogP contribution in [0, 0.1) is 5.82 Å². The van der Waals surface area contributed by atoms with Gasteiger partial charge in [-0.3, -0.25) is 14.4 Å². The van der Waals surface area contributed by atoms with Crippen molar-refractivity contribution in [1.82, 2.24) is 10.6 Å². The van der Waals surface area contributed by atoms with E-state index in [1.165, 1.54) is 37.3 Å². The normalized spacial score (nSPS) is 13.2. The molecule has 3 amide bonds. The van der Waals surface area contributed by atoms with E-state index in [0.29, 0.717) is 11.1 Å². The second-order valence-electron chi connectivity index (χ2n) is 6.95. The summed E-state index contributed by atoms with van der Waals surface area (Å²) in [7, 11) is 0. The number of benzene rings is 2. The van der Waals surface area contributed by atoms with Crippen molar-refractivity contribution >= 4 is 17.7 Å². The minimum Gasteiger partial charge on any atom is -0.368 e. The largest absolute Gasteiger partial charge is 0.416 e. The van der Waals surface area contributed by atoms with Gasteiger partial charge in [-0.2, -0.15) is 13.2 Å². The molecule has 0 heterocycles. The molecule has 2 atom stereocenters. The number of primary amides is 1. The van der Waals surface area contributed by atoms with E-state index in [0.717, 1.165) is 12.1 Å². The molecule has 0 unspecified atom stereocenters. The van der Waals surface area contributed by atoms with Crippen molar-refractivity contribution in [1.29, 1.82) is 0 Å². The van der Waals surface area contributed by atoms with Gasteiger partial charge in [0, 0.05) is 19.8 Å². The van der Waals surface area contributed by atoms with E-state index in [9.17, 15) is 31.9 Å². The van der Waals surface area contributed by atoms with Crippen LogP contribution in [-0.2, 0) is 33.4 Å². The van der Waals surface area contributed by atoms with Crippen molar-refractivity contribution < 1.29 is 31.9 Å². The molecule has 0 aliphatic carbocycles. The Morgan fingerprint density at radius 2 is 1.55 bits per heavy atom. The van der Waals surface area contributed by atoms with Crippen molar-refractivity contribution in [2.45, 2.75) is 38.0 Å². The summed E-state index contributed by atoms with van der Waals surface area (Å²) in [5.74, 6) is -2.68. The highest BCUT2D eigenvalue weighted by Crippen LogP contribution is 2.29. The maximum absolute atomic E-state index is 13.4. The first-order valence-electron chi connectivity index (χ1n) is 9.23. The number of hydrogen-bond acceptors (Lipinski definition) is 3. The summed E-state index contributed by atoms with van der Waals surface area (Å²) >= 11 is 0. The first-order valence-corrected chi connectivity index (χ1v) is 9.23. The molecule has 0 spiro atoms. The predicted molar refractivity (Wildman–Crippen MR) is 104 cm³/mol. The maximum Gasteiger partial charge on any atom is 0.416 e. The fourth-order valence-electron chi connectivity index (χ4n) is 2.91. The van der Waals surface area contributed by atoms with Gasteiger partial charge in [0.05, 0.1) is 5.56 Å². The Morgan fingerprint density at radius 1 is 0.935 bits per heavy atom. The van der Waals surface area contributed by atoms with Gasteiger partial charge >= 0.3 is 6.18 Å². The lowest BCUT2D eigenvalue weighted by molar-refractivity contribution is -0.137. The molecule has 2 aromatic carbocycles. The molecule has 0 bridgehead atoms. The molecule has 0 fully saturated rings. The highest BCUT2D eigenvalue weighted by molar-refractivity contribution is 5.91. The lowest BCUT2D eigenvalue weighted by atomic mass is 10.0. The zero-order chi connectivity index (χ0) is 23.2. The van der Waals surface area contributed by atoms with Crippen molar-refractivity contribution in [3.05, 3.63) is 71.0 Å². The molecule has 2 aromatic rings. The van der Waals surface area contributed by atoms with E-state index >= 15 is 0 Å². The second kappa shape index (κ2) is 10.1. The zero-order valence-electron chi connectivity index (χ0n) is 16.5. The van der Waals surface area contributed by atoms with Gasteiger partial charge in [-0.05, 0) is 35.4 Å².